The van der Waals surface area contributed by atoms with Gasteiger partial charge in [-0.2, -0.15) is 0 Å². The molecule has 0 radical (unpaired) electrons. The zero-order chi connectivity index (χ0) is 30.9. The Bertz CT molecular complexity index is 1770. The molecule has 0 saturated carbocycles. The van der Waals surface area contributed by atoms with E-state index in [2.05, 4.69) is 25.9 Å². The fourth-order valence-electron chi connectivity index (χ4n) is 4.51. The van der Waals surface area contributed by atoms with E-state index in [4.69, 9.17) is 21.1 Å². The molecule has 0 aliphatic carbocycles. The van der Waals surface area contributed by atoms with Crippen molar-refractivity contribution in [2.45, 2.75) is 19.1 Å². The summed E-state index contributed by atoms with van der Waals surface area (Å²) in [6.45, 7) is 0.00259. The maximum absolute atomic E-state index is 13.5. The number of carbonyl (C=O) groups excluding carboxylic acids is 2. The first-order valence-electron chi connectivity index (χ1n) is 13.7. The van der Waals surface area contributed by atoms with Crippen LogP contribution < -0.4 is 20.7 Å². The number of fused-ring (bicyclic) bond motifs is 1. The Morgan fingerprint density at radius 3 is 2.48 bits per heavy atom. The van der Waals surface area contributed by atoms with E-state index in [9.17, 15) is 14.0 Å². The molecule has 5 rings (SSSR count). The Kier molecular flexibility index (Phi) is 9.96. The van der Waals surface area contributed by atoms with Crippen LogP contribution >= 0.6 is 11.6 Å². The van der Waals surface area contributed by atoms with Crippen LogP contribution in [0.2, 0.25) is 5.02 Å². The minimum atomic E-state index is -0.829. The van der Waals surface area contributed by atoms with Crippen molar-refractivity contribution in [1.82, 2.24) is 15.3 Å². The molecule has 1 atom stereocenters. The number of benzene rings is 4. The molecule has 2 amide bonds. The van der Waals surface area contributed by atoms with Gasteiger partial charge in [0.15, 0.2) is 0 Å². The standard InChI is InChI=1S/C33H29ClFN5O4/c1-43-19-31(41)40-29(15-21-6-3-2-4-7-21)33(42)39-24-10-12-28-26(16-24)32(37-20-36-28)38-25-11-13-30(27(34)17-25)44-18-22-8-5-9-23(35)14-22/h2-14,16-17,20,29H,15,18-19H2,1H3,(H,39,42)(H,40,41)(H,36,37,38)/t29-/m0/s1. The lowest BCUT2D eigenvalue weighted by molar-refractivity contribution is -0.129. The van der Waals surface area contributed by atoms with Crippen molar-refractivity contribution in [2.75, 3.05) is 24.4 Å². The molecule has 0 unspecified atom stereocenters. The molecule has 3 N–H and O–H groups in total. The lowest BCUT2D eigenvalue weighted by atomic mass is 10.0. The van der Waals surface area contributed by atoms with Crippen LogP contribution in [0.5, 0.6) is 5.75 Å². The summed E-state index contributed by atoms with van der Waals surface area (Å²) < 4.78 is 24.2. The molecule has 0 bridgehead atoms. The van der Waals surface area contributed by atoms with Crippen molar-refractivity contribution in [3.8, 4) is 5.75 Å². The molecule has 44 heavy (non-hydrogen) atoms. The molecular weight excluding hydrogens is 585 g/mol. The number of nitrogens with zero attached hydrogens (tertiary/aromatic N) is 2. The number of halogens is 2. The number of methoxy groups -OCH3 is 1. The van der Waals surface area contributed by atoms with Crippen molar-refractivity contribution in [3.63, 3.8) is 0 Å². The first-order chi connectivity index (χ1) is 21.4. The van der Waals surface area contributed by atoms with Gasteiger partial charge in [0, 0.05) is 30.3 Å². The van der Waals surface area contributed by atoms with Gasteiger partial charge < -0.3 is 25.4 Å². The fourth-order valence-corrected chi connectivity index (χ4v) is 4.74. The number of amides is 2. The van der Waals surface area contributed by atoms with Gasteiger partial charge in [0.2, 0.25) is 11.8 Å². The molecule has 11 heteroatoms. The van der Waals surface area contributed by atoms with Gasteiger partial charge in [-0.15, -0.1) is 0 Å². The van der Waals surface area contributed by atoms with Gasteiger partial charge in [-0.25, -0.2) is 14.4 Å². The van der Waals surface area contributed by atoms with Gasteiger partial charge in [0.1, 0.15) is 43.0 Å². The van der Waals surface area contributed by atoms with Crippen LogP contribution in [0.25, 0.3) is 10.9 Å². The van der Waals surface area contributed by atoms with E-state index in [1.165, 1.54) is 25.6 Å². The SMILES string of the molecule is COCC(=O)N[C@@H](Cc1ccccc1)C(=O)Nc1ccc2ncnc(Nc3ccc(OCc4cccc(F)c4)c(Cl)c3)c2c1. The van der Waals surface area contributed by atoms with E-state index in [1.807, 2.05) is 30.3 Å². The molecule has 4 aromatic carbocycles. The Hall–Kier alpha value is -5.06. The zero-order valence-electron chi connectivity index (χ0n) is 23.7. The molecular formula is C33H29ClFN5O4. The second-order valence-corrected chi connectivity index (χ2v) is 10.3. The highest BCUT2D eigenvalue weighted by Crippen LogP contribution is 2.31. The van der Waals surface area contributed by atoms with Crippen molar-refractivity contribution < 1.29 is 23.5 Å². The molecule has 5 aromatic rings. The predicted octanol–water partition coefficient (Wildman–Crippen LogP) is 6.06. The van der Waals surface area contributed by atoms with Crippen LogP contribution in [-0.4, -0.2) is 41.5 Å². The zero-order valence-corrected chi connectivity index (χ0v) is 24.5. The Morgan fingerprint density at radius 2 is 1.70 bits per heavy atom. The number of ether oxygens (including phenoxy) is 2. The van der Waals surface area contributed by atoms with E-state index in [0.717, 1.165) is 5.56 Å². The minimum Gasteiger partial charge on any atom is -0.487 e. The summed E-state index contributed by atoms with van der Waals surface area (Å²) in [4.78, 5) is 34.4. The van der Waals surface area contributed by atoms with Crippen LogP contribution in [0.15, 0.2) is 97.3 Å². The smallest absolute Gasteiger partial charge is 0.247 e. The number of aromatic nitrogens is 2. The monoisotopic (exact) mass is 613 g/mol. The first-order valence-corrected chi connectivity index (χ1v) is 14.1. The van der Waals surface area contributed by atoms with E-state index < -0.39 is 11.9 Å². The van der Waals surface area contributed by atoms with Gasteiger partial charge in [-0.05, 0) is 59.7 Å². The molecule has 0 saturated heterocycles. The van der Waals surface area contributed by atoms with Crippen molar-refractivity contribution in [3.05, 3.63) is 119 Å². The molecule has 9 nitrogen and oxygen atoms in total. The number of anilines is 3. The third-order valence-corrected chi connectivity index (χ3v) is 6.89. The quantitative estimate of drug-likeness (QED) is 0.157. The van der Waals surface area contributed by atoms with Crippen LogP contribution in [0.1, 0.15) is 11.1 Å². The van der Waals surface area contributed by atoms with Crippen LogP contribution in [-0.2, 0) is 27.4 Å². The van der Waals surface area contributed by atoms with Crippen molar-refractivity contribution in [2.24, 2.45) is 0 Å². The summed E-state index contributed by atoms with van der Waals surface area (Å²) in [5.41, 5.74) is 3.37. The number of carbonyl (C=O) groups is 2. The first kappa shape index (κ1) is 30.4. The topological polar surface area (TPSA) is 114 Å². The number of hydrogen-bond acceptors (Lipinski definition) is 7. The number of rotatable bonds is 12. The van der Waals surface area contributed by atoms with Crippen LogP contribution in [0.3, 0.4) is 0 Å². The molecule has 0 spiro atoms. The van der Waals surface area contributed by atoms with Crippen molar-refractivity contribution in [1.29, 1.82) is 0 Å². The normalized spacial score (nSPS) is 11.5. The number of hydrogen-bond donors (Lipinski definition) is 3. The molecule has 0 aliphatic heterocycles. The summed E-state index contributed by atoms with van der Waals surface area (Å²) in [5, 5.41) is 9.90. The highest BCUT2D eigenvalue weighted by Gasteiger charge is 2.22. The van der Waals surface area contributed by atoms with Gasteiger partial charge in [0.25, 0.3) is 0 Å². The highest BCUT2D eigenvalue weighted by atomic mass is 35.5. The molecule has 224 valence electrons. The lowest BCUT2D eigenvalue weighted by Crippen LogP contribution is -2.46. The molecule has 1 aromatic heterocycles. The average Bonchev–Trinajstić information content (AvgIpc) is 3.01. The average molecular weight is 614 g/mol. The third kappa shape index (κ3) is 8.06. The number of nitrogens with one attached hydrogen (secondary N) is 3. The summed E-state index contributed by atoms with van der Waals surface area (Å²) in [5.74, 6) is -0.181. The maximum atomic E-state index is 13.5. The van der Waals surface area contributed by atoms with Gasteiger partial charge >= 0.3 is 0 Å². The van der Waals surface area contributed by atoms with Crippen LogP contribution in [0.4, 0.5) is 21.6 Å². The Balaban J connectivity index is 1.31. The largest absolute Gasteiger partial charge is 0.487 e. The summed E-state index contributed by atoms with van der Waals surface area (Å²) >= 11 is 6.48. The molecule has 0 aliphatic rings. The minimum absolute atomic E-state index is 0.162. The lowest BCUT2D eigenvalue weighted by Gasteiger charge is -2.19. The van der Waals surface area contributed by atoms with E-state index >= 15 is 0 Å². The van der Waals surface area contributed by atoms with E-state index in [1.54, 1.807) is 48.5 Å². The highest BCUT2D eigenvalue weighted by molar-refractivity contribution is 6.32. The van der Waals surface area contributed by atoms with Crippen LogP contribution in [0, 0.1) is 5.82 Å². The fraction of sp³-hybridized carbons (Fsp3) is 0.152. The summed E-state index contributed by atoms with van der Waals surface area (Å²) in [7, 11) is 1.42. The van der Waals surface area contributed by atoms with E-state index in [-0.39, 0.29) is 24.9 Å². The Labute approximate surface area is 258 Å². The van der Waals surface area contributed by atoms with Gasteiger partial charge in [-0.1, -0.05) is 54.1 Å². The second-order valence-electron chi connectivity index (χ2n) is 9.88. The van der Waals surface area contributed by atoms with E-state index in [0.29, 0.717) is 50.9 Å². The van der Waals surface area contributed by atoms with Crippen molar-refractivity contribution >= 4 is 51.5 Å². The van der Waals surface area contributed by atoms with Gasteiger partial charge in [-0.3, -0.25) is 9.59 Å². The predicted molar refractivity (Wildman–Crippen MR) is 168 cm³/mol. The summed E-state index contributed by atoms with van der Waals surface area (Å²) in [6, 6.07) is 25.2. The molecule has 0 fully saturated rings. The second kappa shape index (κ2) is 14.4. The maximum Gasteiger partial charge on any atom is 0.247 e. The Morgan fingerprint density at radius 1 is 0.909 bits per heavy atom. The van der Waals surface area contributed by atoms with Gasteiger partial charge in [0.05, 0.1) is 10.5 Å². The summed E-state index contributed by atoms with van der Waals surface area (Å²) in [6.07, 6.45) is 1.73. The molecule has 1 heterocycles. The third-order valence-electron chi connectivity index (χ3n) is 6.59.